The molecular weight excluding hydrogens is 376 g/mol. The van der Waals surface area contributed by atoms with Crippen LogP contribution in [-0.4, -0.2) is 54.3 Å². The van der Waals surface area contributed by atoms with Gasteiger partial charge in [-0.3, -0.25) is 4.79 Å². The maximum atomic E-state index is 12.7. The molecule has 0 bridgehead atoms. The second kappa shape index (κ2) is 8.95. The molecule has 3 aromatic rings. The van der Waals surface area contributed by atoms with E-state index in [-0.39, 0.29) is 5.91 Å². The highest BCUT2D eigenvalue weighted by atomic mass is 16.5. The molecule has 2 aromatic carbocycles. The molecule has 4 rings (SSSR count). The van der Waals surface area contributed by atoms with Crippen molar-refractivity contribution in [3.05, 3.63) is 71.8 Å². The van der Waals surface area contributed by atoms with Crippen molar-refractivity contribution in [1.82, 2.24) is 15.1 Å². The Labute approximate surface area is 177 Å². The fourth-order valence-electron chi connectivity index (χ4n) is 3.68. The van der Waals surface area contributed by atoms with Gasteiger partial charge in [-0.2, -0.15) is 0 Å². The van der Waals surface area contributed by atoms with Crippen LogP contribution >= 0.6 is 0 Å². The minimum Gasteiger partial charge on any atom is -0.497 e. The Morgan fingerprint density at radius 2 is 1.67 bits per heavy atom. The number of hydrogen-bond acceptors (Lipinski definition) is 5. The van der Waals surface area contributed by atoms with E-state index in [0.717, 1.165) is 47.0 Å². The van der Waals surface area contributed by atoms with Crippen LogP contribution in [0.3, 0.4) is 0 Å². The lowest BCUT2D eigenvalue weighted by atomic mass is 10.1. The third-order valence-electron chi connectivity index (χ3n) is 5.60. The molecule has 0 spiro atoms. The maximum Gasteiger partial charge on any atom is 0.227 e. The third-order valence-corrected chi connectivity index (χ3v) is 5.60. The number of piperazine rings is 1. The first-order valence-corrected chi connectivity index (χ1v) is 10.2. The van der Waals surface area contributed by atoms with Gasteiger partial charge in [0.05, 0.1) is 19.2 Å². The largest absolute Gasteiger partial charge is 0.497 e. The van der Waals surface area contributed by atoms with E-state index < -0.39 is 0 Å². The van der Waals surface area contributed by atoms with Gasteiger partial charge >= 0.3 is 0 Å². The van der Waals surface area contributed by atoms with Gasteiger partial charge in [0.1, 0.15) is 5.75 Å². The molecule has 1 aliphatic heterocycles. The molecule has 0 unspecified atom stereocenters. The van der Waals surface area contributed by atoms with Crippen LogP contribution in [0.15, 0.2) is 60.7 Å². The monoisotopic (exact) mass is 402 g/mol. The lowest BCUT2D eigenvalue weighted by Gasteiger charge is -2.35. The average Bonchev–Trinajstić information content (AvgIpc) is 2.81. The zero-order valence-corrected chi connectivity index (χ0v) is 17.4. The molecule has 1 aliphatic rings. The van der Waals surface area contributed by atoms with Crippen molar-refractivity contribution in [2.24, 2.45) is 0 Å². The number of rotatable bonds is 5. The molecule has 1 aromatic heterocycles. The standard InChI is InChI=1S/C24H26N4O2/c1-18-5-3-4-6-20(18)17-24(29)28-15-13-27(14-16-28)23-12-11-22(25-26-23)19-7-9-21(30-2)10-8-19/h3-12H,13-17H2,1-2H3. The highest BCUT2D eigenvalue weighted by Gasteiger charge is 2.22. The molecule has 0 atom stereocenters. The summed E-state index contributed by atoms with van der Waals surface area (Å²) in [7, 11) is 1.65. The quantitative estimate of drug-likeness (QED) is 0.655. The van der Waals surface area contributed by atoms with E-state index in [9.17, 15) is 4.79 Å². The van der Waals surface area contributed by atoms with E-state index in [1.165, 1.54) is 0 Å². The van der Waals surface area contributed by atoms with Crippen LogP contribution in [-0.2, 0) is 11.2 Å². The van der Waals surface area contributed by atoms with Crippen molar-refractivity contribution in [2.75, 3.05) is 38.2 Å². The van der Waals surface area contributed by atoms with Crippen LogP contribution in [0.5, 0.6) is 5.75 Å². The lowest BCUT2D eigenvalue weighted by Crippen LogP contribution is -2.49. The summed E-state index contributed by atoms with van der Waals surface area (Å²) in [6.45, 7) is 4.97. The highest BCUT2D eigenvalue weighted by Crippen LogP contribution is 2.22. The number of nitrogens with zero attached hydrogens (tertiary/aromatic N) is 4. The van der Waals surface area contributed by atoms with Crippen LogP contribution in [0.4, 0.5) is 5.82 Å². The summed E-state index contributed by atoms with van der Waals surface area (Å²) < 4.78 is 5.20. The molecule has 1 fully saturated rings. The molecule has 0 radical (unpaired) electrons. The number of aromatic nitrogens is 2. The maximum absolute atomic E-state index is 12.7. The normalized spacial score (nSPS) is 13.9. The molecule has 154 valence electrons. The zero-order valence-electron chi connectivity index (χ0n) is 17.4. The van der Waals surface area contributed by atoms with Crippen molar-refractivity contribution in [2.45, 2.75) is 13.3 Å². The number of aryl methyl sites for hydroxylation is 1. The van der Waals surface area contributed by atoms with Gasteiger partial charge in [-0.1, -0.05) is 24.3 Å². The molecule has 6 heteroatoms. The minimum absolute atomic E-state index is 0.185. The van der Waals surface area contributed by atoms with Gasteiger partial charge in [0, 0.05) is 31.7 Å². The fourth-order valence-corrected chi connectivity index (χ4v) is 3.68. The van der Waals surface area contributed by atoms with Gasteiger partial charge in [0.15, 0.2) is 5.82 Å². The summed E-state index contributed by atoms with van der Waals surface area (Å²) in [6, 6.07) is 19.8. The molecule has 1 saturated heterocycles. The van der Waals surface area contributed by atoms with Crippen molar-refractivity contribution in [1.29, 1.82) is 0 Å². The van der Waals surface area contributed by atoms with Gasteiger partial charge < -0.3 is 14.5 Å². The number of amides is 1. The van der Waals surface area contributed by atoms with E-state index in [1.54, 1.807) is 7.11 Å². The minimum atomic E-state index is 0.185. The topological polar surface area (TPSA) is 58.6 Å². The molecule has 0 N–H and O–H groups in total. The van der Waals surface area contributed by atoms with Gasteiger partial charge in [0.25, 0.3) is 0 Å². The molecule has 6 nitrogen and oxygen atoms in total. The Morgan fingerprint density at radius 3 is 2.30 bits per heavy atom. The van der Waals surface area contributed by atoms with Crippen LogP contribution in [0.1, 0.15) is 11.1 Å². The summed E-state index contributed by atoms with van der Waals surface area (Å²) in [5.74, 6) is 1.85. The van der Waals surface area contributed by atoms with Crippen LogP contribution < -0.4 is 9.64 Å². The number of anilines is 1. The Hall–Kier alpha value is -3.41. The molecule has 0 aliphatic carbocycles. The number of carbonyl (C=O) groups is 1. The second-order valence-corrected chi connectivity index (χ2v) is 7.48. The Bertz CT molecular complexity index is 994. The third kappa shape index (κ3) is 4.43. The van der Waals surface area contributed by atoms with Crippen LogP contribution in [0.25, 0.3) is 11.3 Å². The summed E-state index contributed by atoms with van der Waals surface area (Å²) in [5.41, 5.74) is 4.09. The molecule has 0 saturated carbocycles. The number of carbonyl (C=O) groups excluding carboxylic acids is 1. The number of hydrogen-bond donors (Lipinski definition) is 0. The van der Waals surface area contributed by atoms with Gasteiger partial charge in [0.2, 0.25) is 5.91 Å². The Morgan fingerprint density at radius 1 is 0.933 bits per heavy atom. The number of methoxy groups -OCH3 is 1. The SMILES string of the molecule is COc1ccc(-c2ccc(N3CCN(C(=O)Cc4ccccc4C)CC3)nn2)cc1. The predicted molar refractivity (Wildman–Crippen MR) is 118 cm³/mol. The van der Waals surface area contributed by atoms with Crippen molar-refractivity contribution >= 4 is 11.7 Å². The van der Waals surface area contributed by atoms with Crippen LogP contribution in [0, 0.1) is 6.92 Å². The van der Waals surface area contributed by atoms with Gasteiger partial charge in [-0.15, -0.1) is 10.2 Å². The molecule has 2 heterocycles. The van der Waals surface area contributed by atoms with E-state index in [4.69, 9.17) is 4.74 Å². The zero-order chi connectivity index (χ0) is 20.9. The van der Waals surface area contributed by atoms with E-state index in [1.807, 2.05) is 59.5 Å². The summed E-state index contributed by atoms with van der Waals surface area (Å²) >= 11 is 0. The highest BCUT2D eigenvalue weighted by molar-refractivity contribution is 5.79. The predicted octanol–water partition coefficient (Wildman–Crippen LogP) is 3.35. The first-order chi connectivity index (χ1) is 14.6. The number of benzene rings is 2. The number of ether oxygens (including phenoxy) is 1. The van der Waals surface area contributed by atoms with E-state index in [0.29, 0.717) is 19.5 Å². The summed E-state index contributed by atoms with van der Waals surface area (Å²) in [6.07, 6.45) is 0.461. The first kappa shape index (κ1) is 19.9. The van der Waals surface area contributed by atoms with Crippen molar-refractivity contribution < 1.29 is 9.53 Å². The lowest BCUT2D eigenvalue weighted by molar-refractivity contribution is -0.130. The molecule has 1 amide bonds. The Kier molecular flexibility index (Phi) is 5.93. The van der Waals surface area contributed by atoms with E-state index >= 15 is 0 Å². The smallest absolute Gasteiger partial charge is 0.227 e. The Balaban J connectivity index is 1.34. The van der Waals surface area contributed by atoms with E-state index in [2.05, 4.69) is 28.1 Å². The summed E-state index contributed by atoms with van der Waals surface area (Å²) in [5, 5.41) is 8.80. The van der Waals surface area contributed by atoms with Gasteiger partial charge in [-0.25, -0.2) is 0 Å². The second-order valence-electron chi connectivity index (χ2n) is 7.48. The average molecular weight is 402 g/mol. The first-order valence-electron chi connectivity index (χ1n) is 10.2. The molecular formula is C24H26N4O2. The van der Waals surface area contributed by atoms with Crippen molar-refractivity contribution in [3.63, 3.8) is 0 Å². The molecule has 30 heavy (non-hydrogen) atoms. The van der Waals surface area contributed by atoms with Gasteiger partial charge in [-0.05, 0) is 54.4 Å². The van der Waals surface area contributed by atoms with Crippen molar-refractivity contribution in [3.8, 4) is 17.0 Å². The summed E-state index contributed by atoms with van der Waals surface area (Å²) in [4.78, 5) is 16.8. The fraction of sp³-hybridized carbons (Fsp3) is 0.292. The van der Waals surface area contributed by atoms with Crippen LogP contribution in [0.2, 0.25) is 0 Å².